The molecule has 144 valence electrons. The molecule has 0 aromatic heterocycles. The van der Waals surface area contributed by atoms with Gasteiger partial charge in [0.05, 0.1) is 6.54 Å². The number of hydrogen-bond acceptors (Lipinski definition) is 3. The number of halogens is 1. The number of likely N-dealkylation sites (N-methyl/N-ethyl adjacent to an activating group) is 1. The first-order valence-corrected chi connectivity index (χ1v) is 9.08. The minimum atomic E-state index is -0.247. The van der Waals surface area contributed by atoms with Crippen LogP contribution in [0.25, 0.3) is 0 Å². The first-order valence-electron chi connectivity index (χ1n) is 8.70. The highest BCUT2D eigenvalue weighted by atomic mass is 35.5. The van der Waals surface area contributed by atoms with E-state index < -0.39 is 0 Å². The average molecular weight is 390 g/mol. The van der Waals surface area contributed by atoms with E-state index in [4.69, 9.17) is 16.3 Å². The van der Waals surface area contributed by atoms with Gasteiger partial charge in [0.15, 0.2) is 0 Å². The topological polar surface area (TPSA) is 70.7 Å². The maximum Gasteiger partial charge on any atom is 0.321 e. The van der Waals surface area contributed by atoms with Crippen LogP contribution in [-0.2, 0) is 0 Å². The van der Waals surface area contributed by atoms with Gasteiger partial charge in [-0.2, -0.15) is 0 Å². The maximum atomic E-state index is 12.3. The lowest BCUT2D eigenvalue weighted by Gasteiger charge is -2.19. The Morgan fingerprint density at radius 2 is 1.85 bits per heavy atom. The van der Waals surface area contributed by atoms with Gasteiger partial charge >= 0.3 is 6.03 Å². The number of benzene rings is 2. The molecule has 0 saturated carbocycles. The quantitative estimate of drug-likeness (QED) is 0.753. The van der Waals surface area contributed by atoms with E-state index in [0.29, 0.717) is 41.7 Å². The number of carbonyl (C=O) groups is 2. The summed E-state index contributed by atoms with van der Waals surface area (Å²) in [5.74, 6) is 0.569. The predicted molar refractivity (Wildman–Crippen MR) is 108 cm³/mol. The van der Waals surface area contributed by atoms with Crippen molar-refractivity contribution in [3.63, 3.8) is 0 Å². The number of urea groups is 1. The zero-order valence-corrected chi connectivity index (χ0v) is 16.5. The number of anilines is 1. The van der Waals surface area contributed by atoms with E-state index in [2.05, 4.69) is 10.6 Å². The van der Waals surface area contributed by atoms with Gasteiger partial charge < -0.3 is 20.3 Å². The Labute approximate surface area is 164 Å². The number of amides is 3. The molecule has 2 N–H and O–H groups in total. The van der Waals surface area contributed by atoms with E-state index in [9.17, 15) is 9.59 Å². The van der Waals surface area contributed by atoms with Gasteiger partial charge in [0.2, 0.25) is 0 Å². The predicted octanol–water partition coefficient (Wildman–Crippen LogP) is 3.94. The molecule has 0 atom stereocenters. The number of nitrogens with zero attached hydrogens (tertiary/aromatic N) is 1. The molecule has 0 aliphatic carbocycles. The SMILES string of the molecule is CCNC(=O)c1ccc(NC(=O)N(C)CCOc2ccc(Cl)cc2)c(C)c1. The Kier molecular flexibility index (Phi) is 7.49. The van der Waals surface area contributed by atoms with Gasteiger partial charge in [-0.25, -0.2) is 4.79 Å². The third kappa shape index (κ3) is 6.18. The van der Waals surface area contributed by atoms with Crippen molar-refractivity contribution in [2.24, 2.45) is 0 Å². The largest absolute Gasteiger partial charge is 0.492 e. The van der Waals surface area contributed by atoms with Gasteiger partial charge in [0, 0.05) is 29.9 Å². The summed E-state index contributed by atoms with van der Waals surface area (Å²) in [6, 6.07) is 12.0. The molecule has 0 unspecified atom stereocenters. The standard InChI is InChI=1S/C20H24ClN3O3/c1-4-22-19(25)15-5-10-18(14(2)13-15)23-20(26)24(3)11-12-27-17-8-6-16(21)7-9-17/h5-10,13H,4,11-12H2,1-3H3,(H,22,25)(H,23,26). The van der Waals surface area contributed by atoms with Crippen LogP contribution in [-0.4, -0.2) is 43.6 Å². The zero-order chi connectivity index (χ0) is 19.8. The normalized spacial score (nSPS) is 10.2. The molecular formula is C20H24ClN3O3. The number of hydrogen-bond donors (Lipinski definition) is 2. The van der Waals surface area contributed by atoms with E-state index in [-0.39, 0.29) is 11.9 Å². The number of ether oxygens (including phenoxy) is 1. The molecule has 27 heavy (non-hydrogen) atoms. The van der Waals surface area contributed by atoms with Crippen molar-refractivity contribution in [1.29, 1.82) is 0 Å². The smallest absolute Gasteiger partial charge is 0.321 e. The Morgan fingerprint density at radius 1 is 1.15 bits per heavy atom. The van der Waals surface area contributed by atoms with Crippen LogP contribution in [0.4, 0.5) is 10.5 Å². The maximum absolute atomic E-state index is 12.3. The molecule has 3 amide bonds. The van der Waals surface area contributed by atoms with Crippen molar-refractivity contribution < 1.29 is 14.3 Å². The highest BCUT2D eigenvalue weighted by molar-refractivity contribution is 6.30. The van der Waals surface area contributed by atoms with Gasteiger partial charge in [-0.15, -0.1) is 0 Å². The Balaban J connectivity index is 1.86. The van der Waals surface area contributed by atoms with Gasteiger partial charge in [0.25, 0.3) is 5.91 Å². The fourth-order valence-electron chi connectivity index (χ4n) is 2.35. The number of rotatable bonds is 7. The second-order valence-electron chi connectivity index (χ2n) is 6.04. The minimum Gasteiger partial charge on any atom is -0.492 e. The Bertz CT molecular complexity index is 794. The summed E-state index contributed by atoms with van der Waals surface area (Å²) in [6.07, 6.45) is 0. The lowest BCUT2D eigenvalue weighted by molar-refractivity contribution is 0.0955. The van der Waals surface area contributed by atoms with Crippen LogP contribution in [0, 0.1) is 6.92 Å². The third-order valence-electron chi connectivity index (χ3n) is 3.92. The molecule has 0 heterocycles. The number of nitrogens with one attached hydrogen (secondary N) is 2. The molecule has 2 aromatic carbocycles. The van der Waals surface area contributed by atoms with Crippen LogP contribution in [0.1, 0.15) is 22.8 Å². The van der Waals surface area contributed by atoms with Gasteiger partial charge in [0.1, 0.15) is 12.4 Å². The Hall–Kier alpha value is -2.73. The first-order chi connectivity index (χ1) is 12.9. The summed E-state index contributed by atoms with van der Waals surface area (Å²) < 4.78 is 5.60. The van der Waals surface area contributed by atoms with Gasteiger partial charge in [-0.05, 0) is 61.9 Å². The van der Waals surface area contributed by atoms with Gasteiger partial charge in [-0.1, -0.05) is 11.6 Å². The van der Waals surface area contributed by atoms with Crippen molar-refractivity contribution in [3.8, 4) is 5.75 Å². The van der Waals surface area contributed by atoms with Crippen LogP contribution in [0.15, 0.2) is 42.5 Å². The molecule has 0 saturated heterocycles. The molecule has 0 spiro atoms. The van der Waals surface area contributed by atoms with E-state index in [0.717, 1.165) is 5.56 Å². The van der Waals surface area contributed by atoms with E-state index in [1.165, 1.54) is 4.90 Å². The molecule has 0 aliphatic rings. The van der Waals surface area contributed by atoms with Crippen LogP contribution >= 0.6 is 11.6 Å². The highest BCUT2D eigenvalue weighted by Gasteiger charge is 2.12. The molecule has 0 bridgehead atoms. The van der Waals surface area contributed by atoms with E-state index >= 15 is 0 Å². The van der Waals surface area contributed by atoms with Crippen molar-refractivity contribution in [1.82, 2.24) is 10.2 Å². The van der Waals surface area contributed by atoms with Crippen LogP contribution in [0.5, 0.6) is 5.75 Å². The van der Waals surface area contributed by atoms with Crippen LogP contribution in [0.3, 0.4) is 0 Å². The summed E-state index contributed by atoms with van der Waals surface area (Å²) in [4.78, 5) is 25.7. The second-order valence-corrected chi connectivity index (χ2v) is 6.48. The third-order valence-corrected chi connectivity index (χ3v) is 4.18. The van der Waals surface area contributed by atoms with Crippen LogP contribution < -0.4 is 15.4 Å². The molecule has 0 radical (unpaired) electrons. The second kappa shape index (κ2) is 9.83. The number of carbonyl (C=O) groups excluding carboxylic acids is 2. The lowest BCUT2D eigenvalue weighted by Crippen LogP contribution is -2.34. The fourth-order valence-corrected chi connectivity index (χ4v) is 2.48. The summed E-state index contributed by atoms with van der Waals surface area (Å²) in [6.45, 7) is 5.07. The Morgan fingerprint density at radius 3 is 2.48 bits per heavy atom. The van der Waals surface area contributed by atoms with E-state index in [1.54, 1.807) is 49.5 Å². The van der Waals surface area contributed by atoms with Crippen molar-refractivity contribution in [2.45, 2.75) is 13.8 Å². The highest BCUT2D eigenvalue weighted by Crippen LogP contribution is 2.18. The summed E-state index contributed by atoms with van der Waals surface area (Å²) in [5, 5.41) is 6.24. The zero-order valence-electron chi connectivity index (χ0n) is 15.7. The molecule has 0 fully saturated rings. The lowest BCUT2D eigenvalue weighted by atomic mass is 10.1. The van der Waals surface area contributed by atoms with Crippen molar-refractivity contribution in [2.75, 3.05) is 32.1 Å². The summed E-state index contributed by atoms with van der Waals surface area (Å²) in [5.41, 5.74) is 2.05. The average Bonchev–Trinajstić information content (AvgIpc) is 2.65. The minimum absolute atomic E-state index is 0.130. The van der Waals surface area contributed by atoms with Gasteiger partial charge in [-0.3, -0.25) is 4.79 Å². The summed E-state index contributed by atoms with van der Waals surface area (Å²) in [7, 11) is 1.69. The van der Waals surface area contributed by atoms with Crippen molar-refractivity contribution >= 4 is 29.2 Å². The molecule has 7 heteroatoms. The molecule has 2 aromatic rings. The molecular weight excluding hydrogens is 366 g/mol. The van der Waals surface area contributed by atoms with E-state index in [1.807, 2.05) is 13.8 Å². The van der Waals surface area contributed by atoms with Crippen LogP contribution in [0.2, 0.25) is 5.02 Å². The van der Waals surface area contributed by atoms with Crippen molar-refractivity contribution in [3.05, 3.63) is 58.6 Å². The summed E-state index contributed by atoms with van der Waals surface area (Å²) >= 11 is 5.83. The molecule has 0 aliphatic heterocycles. The molecule has 2 rings (SSSR count). The molecule has 6 nitrogen and oxygen atoms in total. The fraction of sp³-hybridized carbons (Fsp3) is 0.300. The monoisotopic (exact) mass is 389 g/mol. The number of aryl methyl sites for hydroxylation is 1. The first kappa shape index (κ1) is 20.6.